The molecule has 0 aliphatic rings. The molecule has 96 valence electrons. The molecule has 18 heavy (non-hydrogen) atoms. The van der Waals surface area contributed by atoms with E-state index in [1.807, 2.05) is 0 Å². The van der Waals surface area contributed by atoms with Gasteiger partial charge in [0.25, 0.3) is 0 Å². The fourth-order valence-corrected chi connectivity index (χ4v) is 1.27. The molecular weight excluding hydrogens is 253 g/mol. The van der Waals surface area contributed by atoms with Crippen LogP contribution in [0.4, 0.5) is 4.39 Å². The number of hydrazone groups is 1. The van der Waals surface area contributed by atoms with Gasteiger partial charge in [0.2, 0.25) is 0 Å². The van der Waals surface area contributed by atoms with E-state index in [4.69, 9.17) is 17.0 Å². The highest BCUT2D eigenvalue weighted by molar-refractivity contribution is 7.80. The third kappa shape index (κ3) is 4.50. The van der Waals surface area contributed by atoms with Crippen LogP contribution in [0.15, 0.2) is 36.0 Å². The maximum absolute atomic E-state index is 13.3. The Balaban J connectivity index is 2.54. The average Bonchev–Trinajstić information content (AvgIpc) is 2.36. The second-order valence-electron chi connectivity index (χ2n) is 3.26. The number of nitrogens with zero attached hydrogens (tertiary/aromatic N) is 1. The number of thiocarbonyl (C=S) groups is 1. The average molecular weight is 267 g/mol. The van der Waals surface area contributed by atoms with Crippen molar-refractivity contribution in [2.45, 2.75) is 0 Å². The number of hydrogen-bond donors (Lipinski definition) is 2. The van der Waals surface area contributed by atoms with Crippen molar-refractivity contribution in [2.75, 3.05) is 13.7 Å². The zero-order valence-corrected chi connectivity index (χ0v) is 10.8. The summed E-state index contributed by atoms with van der Waals surface area (Å²) in [7, 11) is 1.41. The minimum Gasteiger partial charge on any atom is -0.494 e. The molecule has 1 aromatic rings. The summed E-state index contributed by atoms with van der Waals surface area (Å²) in [6.07, 6.45) is 3.14. The summed E-state index contributed by atoms with van der Waals surface area (Å²) >= 11 is 4.92. The lowest BCUT2D eigenvalue weighted by Crippen LogP contribution is -2.31. The number of nitrogens with one attached hydrogen (secondary N) is 2. The number of rotatable bonds is 5. The van der Waals surface area contributed by atoms with Gasteiger partial charge in [-0.2, -0.15) is 5.10 Å². The van der Waals surface area contributed by atoms with Gasteiger partial charge in [-0.1, -0.05) is 6.08 Å². The van der Waals surface area contributed by atoms with Crippen LogP contribution < -0.4 is 15.5 Å². The van der Waals surface area contributed by atoms with Crippen molar-refractivity contribution in [1.82, 2.24) is 10.7 Å². The van der Waals surface area contributed by atoms with E-state index in [2.05, 4.69) is 22.4 Å². The van der Waals surface area contributed by atoms with E-state index in [9.17, 15) is 4.39 Å². The summed E-state index contributed by atoms with van der Waals surface area (Å²) in [6.45, 7) is 4.10. The zero-order valence-electron chi connectivity index (χ0n) is 9.94. The van der Waals surface area contributed by atoms with E-state index in [1.54, 1.807) is 12.1 Å². The van der Waals surface area contributed by atoms with Gasteiger partial charge in [0.1, 0.15) is 0 Å². The maximum atomic E-state index is 13.3. The van der Waals surface area contributed by atoms with E-state index in [0.29, 0.717) is 17.2 Å². The second kappa shape index (κ2) is 7.39. The van der Waals surface area contributed by atoms with Gasteiger partial charge >= 0.3 is 0 Å². The highest BCUT2D eigenvalue weighted by Crippen LogP contribution is 2.16. The molecule has 0 aliphatic heterocycles. The van der Waals surface area contributed by atoms with Crippen molar-refractivity contribution >= 4 is 23.5 Å². The van der Waals surface area contributed by atoms with Crippen LogP contribution >= 0.6 is 12.2 Å². The van der Waals surface area contributed by atoms with Gasteiger partial charge < -0.3 is 10.1 Å². The lowest BCUT2D eigenvalue weighted by Gasteiger charge is -2.04. The van der Waals surface area contributed by atoms with Crippen LogP contribution in [0.3, 0.4) is 0 Å². The molecule has 0 unspecified atom stereocenters. The molecule has 0 heterocycles. The Morgan fingerprint density at radius 3 is 3.00 bits per heavy atom. The minimum absolute atomic E-state index is 0.197. The number of methoxy groups -OCH3 is 1. The number of ether oxygens (including phenoxy) is 1. The Kier molecular flexibility index (Phi) is 5.79. The van der Waals surface area contributed by atoms with Gasteiger partial charge in [-0.25, -0.2) is 4.39 Å². The van der Waals surface area contributed by atoms with Crippen molar-refractivity contribution in [3.05, 3.63) is 42.2 Å². The predicted octanol–water partition coefficient (Wildman–Crippen LogP) is 1.82. The van der Waals surface area contributed by atoms with Crippen molar-refractivity contribution in [3.8, 4) is 5.75 Å². The van der Waals surface area contributed by atoms with E-state index in [0.717, 1.165) is 0 Å². The largest absolute Gasteiger partial charge is 0.494 e. The van der Waals surface area contributed by atoms with Gasteiger partial charge in [0, 0.05) is 6.54 Å². The summed E-state index contributed by atoms with van der Waals surface area (Å²) in [6, 6.07) is 4.54. The van der Waals surface area contributed by atoms with Crippen LogP contribution in [0.1, 0.15) is 5.56 Å². The Morgan fingerprint density at radius 1 is 1.61 bits per heavy atom. The van der Waals surface area contributed by atoms with E-state index in [-0.39, 0.29) is 5.75 Å². The van der Waals surface area contributed by atoms with Crippen molar-refractivity contribution in [3.63, 3.8) is 0 Å². The molecule has 0 radical (unpaired) electrons. The molecule has 1 rings (SSSR count). The Morgan fingerprint density at radius 2 is 2.39 bits per heavy atom. The first kappa shape index (κ1) is 14.1. The van der Waals surface area contributed by atoms with Crippen molar-refractivity contribution in [1.29, 1.82) is 0 Å². The lowest BCUT2D eigenvalue weighted by atomic mass is 10.2. The van der Waals surface area contributed by atoms with E-state index >= 15 is 0 Å². The first-order valence-corrected chi connectivity index (χ1v) is 5.59. The molecular formula is C12H14FN3OS. The molecule has 0 atom stereocenters. The standard InChI is InChI=1S/C12H14FN3OS/c1-3-6-14-12(18)16-15-8-9-4-5-11(17-2)10(13)7-9/h3-5,7-8H,1,6H2,2H3,(H2,14,16,18)/b15-8-. The predicted molar refractivity (Wildman–Crippen MR) is 74.5 cm³/mol. The maximum Gasteiger partial charge on any atom is 0.187 e. The molecule has 0 saturated heterocycles. The zero-order chi connectivity index (χ0) is 13.4. The smallest absolute Gasteiger partial charge is 0.187 e. The van der Waals surface area contributed by atoms with Gasteiger partial charge in [-0.15, -0.1) is 6.58 Å². The summed E-state index contributed by atoms with van der Waals surface area (Å²) in [4.78, 5) is 0. The Bertz CT molecular complexity index is 463. The quantitative estimate of drug-likeness (QED) is 0.370. The molecule has 1 aromatic carbocycles. The number of halogens is 1. The van der Waals surface area contributed by atoms with Crippen molar-refractivity contribution < 1.29 is 9.13 Å². The third-order valence-corrected chi connectivity index (χ3v) is 2.20. The number of benzene rings is 1. The molecule has 0 aliphatic carbocycles. The second-order valence-corrected chi connectivity index (χ2v) is 3.67. The molecule has 0 saturated carbocycles. The van der Waals surface area contributed by atoms with E-state index < -0.39 is 5.82 Å². The summed E-state index contributed by atoms with van der Waals surface area (Å²) in [5.41, 5.74) is 3.21. The Labute approximate surface area is 111 Å². The molecule has 4 nitrogen and oxygen atoms in total. The molecule has 0 bridgehead atoms. The van der Waals surface area contributed by atoms with Crippen LogP contribution in [0, 0.1) is 5.82 Å². The molecule has 0 amide bonds. The monoisotopic (exact) mass is 267 g/mol. The van der Waals surface area contributed by atoms with Gasteiger partial charge in [-0.3, -0.25) is 5.43 Å². The fraction of sp³-hybridized carbons (Fsp3) is 0.167. The third-order valence-electron chi connectivity index (χ3n) is 1.96. The molecule has 0 fully saturated rings. The van der Waals surface area contributed by atoms with E-state index in [1.165, 1.54) is 25.5 Å². The molecule has 0 aromatic heterocycles. The van der Waals surface area contributed by atoms with Gasteiger partial charge in [-0.05, 0) is 36.0 Å². The normalized spacial score (nSPS) is 10.1. The Hall–Kier alpha value is -1.95. The summed E-state index contributed by atoms with van der Waals surface area (Å²) in [5, 5.41) is 7.09. The summed E-state index contributed by atoms with van der Waals surface area (Å²) in [5.74, 6) is -0.239. The van der Waals surface area contributed by atoms with Crippen LogP contribution in [0.25, 0.3) is 0 Å². The first-order chi connectivity index (χ1) is 8.67. The SMILES string of the molecule is C=CCNC(=S)N/N=C\c1ccc(OC)c(F)c1. The fourth-order valence-electron chi connectivity index (χ4n) is 1.13. The lowest BCUT2D eigenvalue weighted by molar-refractivity contribution is 0.386. The molecule has 2 N–H and O–H groups in total. The topological polar surface area (TPSA) is 45.7 Å². The summed E-state index contributed by atoms with van der Waals surface area (Å²) < 4.78 is 18.2. The van der Waals surface area contributed by atoms with Gasteiger partial charge in [0.15, 0.2) is 16.7 Å². The van der Waals surface area contributed by atoms with Crippen LogP contribution in [0.5, 0.6) is 5.75 Å². The van der Waals surface area contributed by atoms with Gasteiger partial charge in [0.05, 0.1) is 13.3 Å². The molecule has 0 spiro atoms. The minimum atomic E-state index is -0.436. The number of hydrogen-bond acceptors (Lipinski definition) is 3. The van der Waals surface area contributed by atoms with Crippen LogP contribution in [-0.4, -0.2) is 25.0 Å². The van der Waals surface area contributed by atoms with Crippen LogP contribution in [-0.2, 0) is 0 Å². The highest BCUT2D eigenvalue weighted by atomic mass is 32.1. The van der Waals surface area contributed by atoms with Crippen molar-refractivity contribution in [2.24, 2.45) is 5.10 Å². The highest BCUT2D eigenvalue weighted by Gasteiger charge is 2.01. The van der Waals surface area contributed by atoms with Crippen LogP contribution in [0.2, 0.25) is 0 Å². The first-order valence-electron chi connectivity index (χ1n) is 5.18. The molecule has 6 heteroatoms.